The number of rotatable bonds is 6. The Morgan fingerprint density at radius 3 is 2.60 bits per heavy atom. The zero-order chi connectivity index (χ0) is 21.1. The third-order valence-electron chi connectivity index (χ3n) is 5.15. The van der Waals surface area contributed by atoms with Crippen LogP contribution in [0.5, 0.6) is 0 Å². The topological polar surface area (TPSA) is 92.5 Å². The molecule has 9 heteroatoms. The smallest absolute Gasteiger partial charge is 0.257 e. The zero-order valence-electron chi connectivity index (χ0n) is 16.6. The Morgan fingerprint density at radius 2 is 1.87 bits per heavy atom. The minimum absolute atomic E-state index is 0.0340. The Bertz CT molecular complexity index is 1120. The summed E-state index contributed by atoms with van der Waals surface area (Å²) in [6, 6.07) is 15.1. The molecule has 0 spiro atoms. The van der Waals surface area contributed by atoms with E-state index in [2.05, 4.69) is 10.3 Å². The van der Waals surface area contributed by atoms with Crippen molar-refractivity contribution in [2.75, 3.05) is 19.3 Å². The summed E-state index contributed by atoms with van der Waals surface area (Å²) >= 11 is 1.45. The molecule has 4 rings (SSSR count). The van der Waals surface area contributed by atoms with E-state index in [1.165, 1.54) is 22.3 Å². The molecule has 2 heterocycles. The summed E-state index contributed by atoms with van der Waals surface area (Å²) in [4.78, 5) is 17.3. The Morgan fingerprint density at radius 1 is 1.17 bits per heavy atom. The lowest BCUT2D eigenvalue weighted by molar-refractivity contribution is 0.0923. The lowest BCUT2D eigenvalue weighted by Crippen LogP contribution is -2.46. The van der Waals surface area contributed by atoms with Gasteiger partial charge in [0.25, 0.3) is 11.1 Å². The van der Waals surface area contributed by atoms with Crippen LogP contribution in [0.3, 0.4) is 0 Å². The van der Waals surface area contributed by atoms with E-state index in [9.17, 15) is 13.2 Å². The molecule has 0 aliphatic carbocycles. The van der Waals surface area contributed by atoms with E-state index in [1.54, 1.807) is 0 Å². The van der Waals surface area contributed by atoms with Crippen LogP contribution in [-0.2, 0) is 15.8 Å². The van der Waals surface area contributed by atoms with Gasteiger partial charge in [0.2, 0.25) is 10.0 Å². The molecule has 2 aromatic carbocycles. The maximum Gasteiger partial charge on any atom is 0.257 e. The van der Waals surface area contributed by atoms with Gasteiger partial charge in [0, 0.05) is 30.4 Å². The normalized spacial score (nSPS) is 16.0. The number of sulfonamides is 1. The number of hydrogen-bond donors (Lipinski definition) is 1. The second-order valence-electron chi connectivity index (χ2n) is 7.30. The summed E-state index contributed by atoms with van der Waals surface area (Å²) in [5.41, 5.74) is 3.07. The monoisotopic (exact) mass is 445 g/mol. The number of nitrogens with zero attached hydrogens (tertiary/aromatic N) is 2. The van der Waals surface area contributed by atoms with Gasteiger partial charge >= 0.3 is 0 Å². The Kier molecular flexibility index (Phi) is 6.12. The molecule has 0 radical (unpaired) electrons. The molecule has 1 saturated heterocycles. The van der Waals surface area contributed by atoms with Crippen LogP contribution in [0.25, 0.3) is 11.1 Å². The highest BCUT2D eigenvalue weighted by Gasteiger charge is 2.26. The number of benzene rings is 2. The Hall–Kier alpha value is -2.36. The van der Waals surface area contributed by atoms with Gasteiger partial charge in [0.05, 0.1) is 6.26 Å². The highest BCUT2D eigenvalue weighted by atomic mass is 32.2. The molecule has 158 valence electrons. The fourth-order valence-corrected chi connectivity index (χ4v) is 5.23. The van der Waals surface area contributed by atoms with Gasteiger partial charge in [-0.2, -0.15) is 0 Å². The van der Waals surface area contributed by atoms with Gasteiger partial charge in [-0.1, -0.05) is 42.1 Å². The molecule has 0 bridgehead atoms. The molecule has 0 unspecified atom stereocenters. The second kappa shape index (κ2) is 8.79. The highest BCUT2D eigenvalue weighted by Crippen LogP contribution is 2.27. The van der Waals surface area contributed by atoms with Crippen LogP contribution >= 0.6 is 11.8 Å². The number of para-hydroxylation sites is 2. The molecule has 1 aromatic heterocycles. The van der Waals surface area contributed by atoms with Crippen LogP contribution in [0.2, 0.25) is 0 Å². The van der Waals surface area contributed by atoms with Gasteiger partial charge in [-0.15, -0.1) is 0 Å². The van der Waals surface area contributed by atoms with Crippen molar-refractivity contribution in [1.29, 1.82) is 0 Å². The van der Waals surface area contributed by atoms with Crippen molar-refractivity contribution in [3.63, 3.8) is 0 Å². The van der Waals surface area contributed by atoms with Gasteiger partial charge in [0.1, 0.15) is 5.52 Å². The molecule has 3 aromatic rings. The van der Waals surface area contributed by atoms with Crippen LogP contribution in [0.4, 0.5) is 0 Å². The van der Waals surface area contributed by atoms with Gasteiger partial charge in [-0.05, 0) is 36.6 Å². The first-order valence-electron chi connectivity index (χ1n) is 9.72. The molecular weight excluding hydrogens is 422 g/mol. The predicted molar refractivity (Wildman–Crippen MR) is 117 cm³/mol. The summed E-state index contributed by atoms with van der Waals surface area (Å²) in [5, 5.41) is 3.63. The van der Waals surface area contributed by atoms with Gasteiger partial charge in [-0.25, -0.2) is 17.7 Å². The third-order valence-corrected chi connectivity index (χ3v) is 7.33. The number of carbonyl (C=O) groups is 1. The number of piperidine rings is 1. The Labute approximate surface area is 179 Å². The first-order valence-corrected chi connectivity index (χ1v) is 12.6. The van der Waals surface area contributed by atoms with E-state index in [1.807, 2.05) is 48.5 Å². The number of aromatic nitrogens is 1. The number of oxazole rings is 1. The van der Waals surface area contributed by atoms with Crippen molar-refractivity contribution >= 4 is 38.8 Å². The summed E-state index contributed by atoms with van der Waals surface area (Å²) in [6.45, 7) is 0.859. The van der Waals surface area contributed by atoms with Crippen molar-refractivity contribution in [2.24, 2.45) is 0 Å². The van der Waals surface area contributed by atoms with Crippen molar-refractivity contribution in [3.8, 4) is 0 Å². The summed E-state index contributed by atoms with van der Waals surface area (Å²) in [5.74, 6) is 0.421. The number of amides is 1. The molecule has 1 amide bonds. The van der Waals surface area contributed by atoms with Crippen molar-refractivity contribution in [2.45, 2.75) is 29.9 Å². The van der Waals surface area contributed by atoms with Gasteiger partial charge in [-0.3, -0.25) is 4.79 Å². The summed E-state index contributed by atoms with van der Waals surface area (Å²) in [7, 11) is -3.18. The number of nitrogens with one attached hydrogen (secondary N) is 1. The minimum atomic E-state index is -3.18. The number of hydrogen-bond acceptors (Lipinski definition) is 6. The molecule has 1 N–H and O–H groups in total. The molecule has 1 aliphatic rings. The first kappa shape index (κ1) is 20.9. The third kappa shape index (κ3) is 4.85. The molecule has 30 heavy (non-hydrogen) atoms. The number of fused-ring (bicyclic) bond motifs is 1. The lowest BCUT2D eigenvalue weighted by atomic mass is 10.0. The van der Waals surface area contributed by atoms with Crippen LogP contribution in [0.15, 0.2) is 58.2 Å². The molecular formula is C21H23N3O4S2. The van der Waals surface area contributed by atoms with Crippen LogP contribution < -0.4 is 5.32 Å². The quantitative estimate of drug-likeness (QED) is 0.586. The highest BCUT2D eigenvalue weighted by molar-refractivity contribution is 7.98. The average molecular weight is 446 g/mol. The molecule has 1 aliphatic heterocycles. The average Bonchev–Trinajstić information content (AvgIpc) is 3.15. The maximum absolute atomic E-state index is 12.9. The van der Waals surface area contributed by atoms with E-state index >= 15 is 0 Å². The van der Waals surface area contributed by atoms with Crippen LogP contribution in [0.1, 0.15) is 28.8 Å². The minimum Gasteiger partial charge on any atom is -0.431 e. The summed E-state index contributed by atoms with van der Waals surface area (Å²) in [6.07, 6.45) is 2.44. The molecule has 7 nitrogen and oxygen atoms in total. The fourth-order valence-electron chi connectivity index (χ4n) is 3.51. The van der Waals surface area contributed by atoms with Gasteiger partial charge in [0.15, 0.2) is 5.58 Å². The SMILES string of the molecule is CS(=O)(=O)N1CCC(NC(=O)c2ccccc2CSc2nc3ccccc3o2)CC1. The van der Waals surface area contributed by atoms with Crippen molar-refractivity contribution < 1.29 is 17.6 Å². The number of carbonyl (C=O) groups excluding carboxylic acids is 1. The number of thioether (sulfide) groups is 1. The molecule has 0 saturated carbocycles. The fraction of sp³-hybridized carbons (Fsp3) is 0.333. The summed E-state index contributed by atoms with van der Waals surface area (Å²) < 4.78 is 30.5. The van der Waals surface area contributed by atoms with Gasteiger partial charge < -0.3 is 9.73 Å². The van der Waals surface area contributed by atoms with E-state index in [0.29, 0.717) is 42.5 Å². The zero-order valence-corrected chi connectivity index (χ0v) is 18.2. The lowest BCUT2D eigenvalue weighted by Gasteiger charge is -2.30. The van der Waals surface area contributed by atoms with E-state index in [-0.39, 0.29) is 11.9 Å². The van der Waals surface area contributed by atoms with E-state index in [4.69, 9.17) is 4.42 Å². The van der Waals surface area contributed by atoms with Crippen molar-refractivity contribution in [1.82, 2.24) is 14.6 Å². The maximum atomic E-state index is 12.9. The van der Waals surface area contributed by atoms with Crippen molar-refractivity contribution in [3.05, 3.63) is 59.7 Å². The molecule has 1 fully saturated rings. The van der Waals surface area contributed by atoms with E-state index in [0.717, 1.165) is 16.7 Å². The van der Waals surface area contributed by atoms with Crippen LogP contribution in [-0.4, -0.2) is 49.0 Å². The first-order chi connectivity index (χ1) is 14.4. The van der Waals surface area contributed by atoms with Crippen LogP contribution in [0, 0.1) is 0 Å². The molecule has 0 atom stereocenters. The Balaban J connectivity index is 1.39. The second-order valence-corrected chi connectivity index (χ2v) is 10.2. The standard InChI is InChI=1S/C21H23N3O4S2/c1-30(26,27)24-12-10-16(11-13-24)22-20(25)17-7-3-2-6-15(17)14-29-21-23-18-8-4-5-9-19(18)28-21/h2-9,16H,10-14H2,1H3,(H,22,25). The largest absolute Gasteiger partial charge is 0.431 e. The predicted octanol–water partition coefficient (Wildman–Crippen LogP) is 3.27. The van der Waals surface area contributed by atoms with E-state index < -0.39 is 10.0 Å².